The molecule has 1 saturated carbocycles. The molecule has 0 radical (unpaired) electrons. The first kappa shape index (κ1) is 27.2. The van der Waals surface area contributed by atoms with Gasteiger partial charge in [-0.25, -0.2) is 9.97 Å². The first-order valence-corrected chi connectivity index (χ1v) is 14.3. The molecule has 41 heavy (non-hydrogen) atoms. The third-order valence-electron chi connectivity index (χ3n) is 7.65. The van der Waals surface area contributed by atoms with Gasteiger partial charge in [-0.05, 0) is 37.5 Å². The Balaban J connectivity index is 1.31. The lowest BCUT2D eigenvalue weighted by Crippen LogP contribution is -2.35. The molecule has 1 aromatic carbocycles. The van der Waals surface area contributed by atoms with Gasteiger partial charge < -0.3 is 26.0 Å². The topological polar surface area (TPSA) is 154 Å². The van der Waals surface area contributed by atoms with E-state index in [9.17, 15) is 15.3 Å². The zero-order chi connectivity index (χ0) is 28.7. The normalized spacial score (nSPS) is 21.3. The molecule has 1 aliphatic rings. The van der Waals surface area contributed by atoms with Crippen LogP contribution in [-0.2, 0) is 7.05 Å². The summed E-state index contributed by atoms with van der Waals surface area (Å²) in [6, 6.07) is 9.60. The second-order valence-electron chi connectivity index (χ2n) is 10.5. The molecule has 0 unspecified atom stereocenters. The van der Waals surface area contributed by atoms with Crippen LogP contribution in [0.15, 0.2) is 55.1 Å². The van der Waals surface area contributed by atoms with Crippen molar-refractivity contribution in [2.45, 2.75) is 44.6 Å². The molecule has 0 saturated heterocycles. The monoisotopic (exact) mass is 572 g/mol. The number of anilines is 2. The predicted octanol–water partition coefficient (Wildman–Crippen LogP) is 3.54. The Labute approximate surface area is 241 Å². The molecule has 0 spiro atoms. The van der Waals surface area contributed by atoms with Gasteiger partial charge >= 0.3 is 0 Å². The summed E-state index contributed by atoms with van der Waals surface area (Å²) in [6.45, 7) is 3.74. The van der Waals surface area contributed by atoms with Gasteiger partial charge in [0.25, 0.3) is 0 Å². The van der Waals surface area contributed by atoms with E-state index in [1.807, 2.05) is 39.4 Å². The minimum Gasteiger partial charge on any atom is -0.396 e. The Morgan fingerprint density at radius 1 is 1.05 bits per heavy atom. The number of rotatable bonds is 8. The Morgan fingerprint density at radius 2 is 1.85 bits per heavy atom. The van der Waals surface area contributed by atoms with E-state index >= 15 is 0 Å². The van der Waals surface area contributed by atoms with Crippen LogP contribution in [0.2, 0.25) is 0 Å². The molecule has 0 amide bonds. The fourth-order valence-electron chi connectivity index (χ4n) is 5.32. The Bertz CT molecular complexity index is 1640. The molecule has 5 N–H and O–H groups in total. The number of fused-ring (bicyclic) bond motifs is 1. The van der Waals surface area contributed by atoms with Gasteiger partial charge in [0.1, 0.15) is 22.4 Å². The lowest BCUT2D eigenvalue weighted by molar-refractivity contribution is 0.00446. The molecule has 0 aliphatic heterocycles. The van der Waals surface area contributed by atoms with Gasteiger partial charge in [0, 0.05) is 37.5 Å². The van der Waals surface area contributed by atoms with Crippen molar-refractivity contribution in [1.29, 1.82) is 0 Å². The number of aromatic nitrogens is 6. The van der Waals surface area contributed by atoms with Crippen LogP contribution >= 0.6 is 11.3 Å². The first-order valence-electron chi connectivity index (χ1n) is 13.5. The van der Waals surface area contributed by atoms with E-state index in [0.29, 0.717) is 23.9 Å². The molecule has 1 fully saturated rings. The minimum atomic E-state index is -1.05. The van der Waals surface area contributed by atoms with Gasteiger partial charge in [0.05, 0.1) is 46.5 Å². The second kappa shape index (κ2) is 11.1. The number of nitrogens with zero attached hydrogens (tertiary/aromatic N) is 6. The van der Waals surface area contributed by atoms with E-state index in [4.69, 9.17) is 15.0 Å². The number of hydrogen-bond donors (Lipinski definition) is 5. The van der Waals surface area contributed by atoms with Gasteiger partial charge in [0.15, 0.2) is 0 Å². The van der Waals surface area contributed by atoms with E-state index in [-0.39, 0.29) is 12.6 Å². The van der Waals surface area contributed by atoms with Crippen molar-refractivity contribution < 1.29 is 15.3 Å². The molecular formula is C29H32N8O3S. The number of hydrogen-bond acceptors (Lipinski definition) is 11. The van der Waals surface area contributed by atoms with Crippen LogP contribution in [0.4, 0.5) is 11.8 Å². The smallest absolute Gasteiger partial charge is 0.225 e. The third-order valence-corrected chi connectivity index (χ3v) is 8.70. The van der Waals surface area contributed by atoms with Gasteiger partial charge in [-0.1, -0.05) is 24.3 Å². The molecular weight excluding hydrogens is 540 g/mol. The molecule has 11 nitrogen and oxygen atoms in total. The van der Waals surface area contributed by atoms with Crippen molar-refractivity contribution in [2.24, 2.45) is 13.0 Å². The summed E-state index contributed by atoms with van der Waals surface area (Å²) in [4.78, 5) is 18.6. The maximum atomic E-state index is 10.7. The summed E-state index contributed by atoms with van der Waals surface area (Å²) >= 11 is 1.51. The van der Waals surface area contributed by atoms with Gasteiger partial charge in [-0.15, -0.1) is 11.3 Å². The first-order chi connectivity index (χ1) is 19.8. The lowest BCUT2D eigenvalue weighted by Gasteiger charge is -2.22. The maximum absolute atomic E-state index is 10.7. The summed E-state index contributed by atoms with van der Waals surface area (Å²) in [7, 11) is 1.90. The Kier molecular flexibility index (Phi) is 7.39. The van der Waals surface area contributed by atoms with E-state index in [1.54, 1.807) is 17.1 Å². The number of nitrogens with one attached hydrogen (secondary N) is 2. The quantitative estimate of drug-likeness (QED) is 0.186. The van der Waals surface area contributed by atoms with E-state index in [0.717, 1.165) is 37.5 Å². The number of aliphatic hydroxyl groups is 3. The third kappa shape index (κ3) is 5.38. The highest BCUT2D eigenvalue weighted by molar-refractivity contribution is 7.21. The van der Waals surface area contributed by atoms with Crippen LogP contribution in [0.5, 0.6) is 0 Å². The fraction of sp³-hybridized carbons (Fsp3) is 0.345. The highest BCUT2D eigenvalue weighted by atomic mass is 32.1. The molecule has 4 heterocycles. The molecule has 6 rings (SSSR count). The average molecular weight is 573 g/mol. The zero-order valence-corrected chi connectivity index (χ0v) is 23.7. The number of aryl methyl sites for hydroxylation is 2. The second-order valence-corrected chi connectivity index (χ2v) is 11.6. The zero-order valence-electron chi connectivity index (χ0n) is 22.9. The molecule has 1 aliphatic carbocycles. The highest BCUT2D eigenvalue weighted by Crippen LogP contribution is 2.38. The van der Waals surface area contributed by atoms with Crippen molar-refractivity contribution in [1.82, 2.24) is 29.7 Å². The standard InChI is InChI=1S/C29H32N8O3S/c1-15(17-4-6-18(7-5-17)20-11-31-37(3)13-20)32-29-33-16(2)24(28-35-22-12-30-9-8-23(22)41-28)27(36-29)34-21-10-19(14-38)25(39)26(21)40/h4-9,11-13,15,19,21,25-26,38-40H,10,14H2,1-3H3,(H2,32,33,34,36)/t15-,19-,21-,25-,26+/m1/s1. The summed E-state index contributed by atoms with van der Waals surface area (Å²) in [5, 5.41) is 42.6. The average Bonchev–Trinajstić information content (AvgIpc) is 3.66. The Hall–Kier alpha value is -3.97. The van der Waals surface area contributed by atoms with E-state index in [2.05, 4.69) is 45.0 Å². The summed E-state index contributed by atoms with van der Waals surface area (Å²) in [6.07, 6.45) is 5.60. The minimum absolute atomic E-state index is 0.0952. The number of benzene rings is 1. The largest absolute Gasteiger partial charge is 0.396 e. The number of aliphatic hydroxyl groups excluding tert-OH is 3. The van der Waals surface area contributed by atoms with Crippen molar-refractivity contribution in [2.75, 3.05) is 17.2 Å². The van der Waals surface area contributed by atoms with E-state index < -0.39 is 24.2 Å². The van der Waals surface area contributed by atoms with Crippen molar-refractivity contribution in [3.05, 3.63) is 66.4 Å². The molecule has 4 aromatic heterocycles. The summed E-state index contributed by atoms with van der Waals surface area (Å²) < 4.78 is 2.77. The Morgan fingerprint density at radius 3 is 2.54 bits per heavy atom. The molecule has 0 bridgehead atoms. The fourth-order valence-corrected chi connectivity index (χ4v) is 6.35. The van der Waals surface area contributed by atoms with Gasteiger partial charge in [0.2, 0.25) is 5.95 Å². The van der Waals surface area contributed by atoms with Crippen molar-refractivity contribution in [3.8, 4) is 21.7 Å². The number of pyridine rings is 1. The lowest BCUT2D eigenvalue weighted by atomic mass is 10.0. The van der Waals surface area contributed by atoms with Crippen LogP contribution in [0.25, 0.3) is 31.9 Å². The van der Waals surface area contributed by atoms with Crippen LogP contribution in [-0.4, -0.2) is 69.9 Å². The predicted molar refractivity (Wildman–Crippen MR) is 158 cm³/mol. The van der Waals surface area contributed by atoms with E-state index in [1.165, 1.54) is 11.3 Å². The molecule has 5 aromatic rings. The SMILES string of the molecule is Cc1nc(N[C@H](C)c2ccc(-c3cnn(C)c3)cc2)nc(N[C@@H]2C[C@H](CO)[C@@H](O)[C@H]2O)c1-c1nc2cnccc2s1. The molecule has 5 atom stereocenters. The molecule has 212 valence electrons. The van der Waals surface area contributed by atoms with Crippen molar-refractivity contribution in [3.63, 3.8) is 0 Å². The van der Waals surface area contributed by atoms with Crippen LogP contribution in [0.1, 0.15) is 30.6 Å². The highest BCUT2D eigenvalue weighted by Gasteiger charge is 2.41. The van der Waals surface area contributed by atoms with Gasteiger partial charge in [-0.2, -0.15) is 10.1 Å². The van der Waals surface area contributed by atoms with Crippen molar-refractivity contribution >= 4 is 33.3 Å². The van der Waals surface area contributed by atoms with Crippen LogP contribution in [0.3, 0.4) is 0 Å². The summed E-state index contributed by atoms with van der Waals surface area (Å²) in [5.74, 6) is 0.503. The van der Waals surface area contributed by atoms with Crippen LogP contribution < -0.4 is 10.6 Å². The maximum Gasteiger partial charge on any atom is 0.225 e. The van der Waals surface area contributed by atoms with Crippen LogP contribution in [0, 0.1) is 12.8 Å². The molecule has 12 heteroatoms. The summed E-state index contributed by atoms with van der Waals surface area (Å²) in [5.41, 5.74) is 5.42. The van der Waals surface area contributed by atoms with Gasteiger partial charge in [-0.3, -0.25) is 9.67 Å². The number of thiazole rings is 1.